The second kappa shape index (κ2) is 4.09. The van der Waals surface area contributed by atoms with Crippen molar-refractivity contribution in [3.63, 3.8) is 0 Å². The lowest BCUT2D eigenvalue weighted by atomic mass is 10.1. The summed E-state index contributed by atoms with van der Waals surface area (Å²) in [5.74, 6) is 0.859. The molecule has 14 heavy (non-hydrogen) atoms. The van der Waals surface area contributed by atoms with E-state index >= 15 is 0 Å². The number of hydrogen-bond acceptors (Lipinski definition) is 3. The minimum Gasteiger partial charge on any atom is -0.328 e. The molecule has 4 nitrogen and oxygen atoms in total. The van der Waals surface area contributed by atoms with E-state index < -0.39 is 0 Å². The Morgan fingerprint density at radius 1 is 1.64 bits per heavy atom. The smallest absolute Gasteiger partial charge is 0.0827 e. The average Bonchev–Trinajstić information content (AvgIpc) is 2.81. The van der Waals surface area contributed by atoms with E-state index in [-0.39, 0.29) is 6.04 Å². The molecule has 1 heterocycles. The zero-order chi connectivity index (χ0) is 9.97. The van der Waals surface area contributed by atoms with Gasteiger partial charge in [0.25, 0.3) is 0 Å². The summed E-state index contributed by atoms with van der Waals surface area (Å²) in [5.41, 5.74) is 6.75. The highest BCUT2D eigenvalue weighted by Crippen LogP contribution is 2.30. The molecule has 0 radical (unpaired) electrons. The number of nitrogens with two attached hydrogens (primary N) is 1. The first-order valence-corrected chi connectivity index (χ1v) is 5.38. The SMILES string of the molecule is C[C@H](N)CCc1cn(CC2CC2)nn1. The first-order valence-electron chi connectivity index (χ1n) is 5.38. The van der Waals surface area contributed by atoms with Crippen LogP contribution in [-0.2, 0) is 13.0 Å². The van der Waals surface area contributed by atoms with Gasteiger partial charge in [-0.1, -0.05) is 5.21 Å². The molecular formula is C10H18N4. The van der Waals surface area contributed by atoms with Gasteiger partial charge in [-0.2, -0.15) is 0 Å². The van der Waals surface area contributed by atoms with E-state index in [2.05, 4.69) is 16.5 Å². The first kappa shape index (κ1) is 9.65. The van der Waals surface area contributed by atoms with Gasteiger partial charge in [-0.05, 0) is 38.5 Å². The fourth-order valence-electron chi connectivity index (χ4n) is 1.48. The van der Waals surface area contributed by atoms with Gasteiger partial charge < -0.3 is 5.73 Å². The maximum Gasteiger partial charge on any atom is 0.0827 e. The van der Waals surface area contributed by atoms with Crippen molar-refractivity contribution in [3.8, 4) is 0 Å². The third-order valence-corrected chi connectivity index (χ3v) is 2.58. The van der Waals surface area contributed by atoms with Crippen molar-refractivity contribution in [1.29, 1.82) is 0 Å². The zero-order valence-electron chi connectivity index (χ0n) is 8.69. The lowest BCUT2D eigenvalue weighted by Crippen LogP contribution is -2.15. The normalized spacial score (nSPS) is 18.4. The molecule has 1 aliphatic rings. The Labute approximate surface area is 84.5 Å². The summed E-state index contributed by atoms with van der Waals surface area (Å²) in [6, 6.07) is 0.253. The van der Waals surface area contributed by atoms with Gasteiger partial charge in [0.2, 0.25) is 0 Å². The van der Waals surface area contributed by atoms with Gasteiger partial charge in [0.05, 0.1) is 5.69 Å². The number of rotatable bonds is 5. The van der Waals surface area contributed by atoms with E-state index in [1.165, 1.54) is 12.8 Å². The quantitative estimate of drug-likeness (QED) is 0.759. The Morgan fingerprint density at radius 2 is 2.43 bits per heavy atom. The lowest BCUT2D eigenvalue weighted by molar-refractivity contribution is 0.544. The average molecular weight is 194 g/mol. The lowest BCUT2D eigenvalue weighted by Gasteiger charge is -2.00. The van der Waals surface area contributed by atoms with Crippen LogP contribution in [0.15, 0.2) is 6.20 Å². The summed E-state index contributed by atoms with van der Waals surface area (Å²) in [4.78, 5) is 0. The Hall–Kier alpha value is -0.900. The van der Waals surface area contributed by atoms with Gasteiger partial charge in [-0.25, -0.2) is 0 Å². The number of aryl methyl sites for hydroxylation is 1. The third-order valence-electron chi connectivity index (χ3n) is 2.58. The molecule has 78 valence electrons. The minimum absolute atomic E-state index is 0.253. The van der Waals surface area contributed by atoms with Crippen molar-refractivity contribution in [1.82, 2.24) is 15.0 Å². The van der Waals surface area contributed by atoms with Crippen LogP contribution in [0, 0.1) is 5.92 Å². The molecule has 0 amide bonds. The largest absolute Gasteiger partial charge is 0.328 e. The fraction of sp³-hybridized carbons (Fsp3) is 0.800. The van der Waals surface area contributed by atoms with Gasteiger partial charge >= 0.3 is 0 Å². The second-order valence-electron chi connectivity index (χ2n) is 4.39. The summed E-state index contributed by atoms with van der Waals surface area (Å²) in [6.07, 6.45) is 6.70. The van der Waals surface area contributed by atoms with E-state index in [0.29, 0.717) is 0 Å². The van der Waals surface area contributed by atoms with Crippen LogP contribution in [0.25, 0.3) is 0 Å². The molecule has 0 saturated heterocycles. The van der Waals surface area contributed by atoms with Gasteiger partial charge in [0.15, 0.2) is 0 Å². The van der Waals surface area contributed by atoms with Crippen LogP contribution < -0.4 is 5.73 Å². The van der Waals surface area contributed by atoms with Crippen molar-refractivity contribution in [2.24, 2.45) is 11.7 Å². The molecule has 0 bridgehead atoms. The van der Waals surface area contributed by atoms with E-state index in [9.17, 15) is 0 Å². The van der Waals surface area contributed by atoms with Crippen LogP contribution in [0.4, 0.5) is 0 Å². The predicted octanol–water partition coefficient (Wildman–Crippen LogP) is 0.968. The highest BCUT2D eigenvalue weighted by atomic mass is 15.4. The Bertz CT molecular complexity index is 288. The third kappa shape index (κ3) is 2.80. The maximum absolute atomic E-state index is 5.68. The number of hydrogen-bond donors (Lipinski definition) is 1. The van der Waals surface area contributed by atoms with Crippen molar-refractivity contribution in [3.05, 3.63) is 11.9 Å². The maximum atomic E-state index is 5.68. The van der Waals surface area contributed by atoms with Crippen molar-refractivity contribution in [2.75, 3.05) is 0 Å². The molecule has 2 N–H and O–H groups in total. The molecule has 1 saturated carbocycles. The molecule has 4 heteroatoms. The zero-order valence-corrected chi connectivity index (χ0v) is 8.69. The molecule has 0 aliphatic heterocycles. The number of nitrogens with zero attached hydrogens (tertiary/aromatic N) is 3. The first-order chi connectivity index (χ1) is 6.74. The van der Waals surface area contributed by atoms with Crippen LogP contribution in [0.3, 0.4) is 0 Å². The Balaban J connectivity index is 1.82. The summed E-state index contributed by atoms with van der Waals surface area (Å²) < 4.78 is 1.97. The van der Waals surface area contributed by atoms with Crippen molar-refractivity contribution < 1.29 is 0 Å². The highest BCUT2D eigenvalue weighted by Gasteiger charge is 2.22. The van der Waals surface area contributed by atoms with Gasteiger partial charge in [-0.15, -0.1) is 5.10 Å². The topological polar surface area (TPSA) is 56.7 Å². The van der Waals surface area contributed by atoms with Gasteiger partial charge in [0.1, 0.15) is 0 Å². The summed E-state index contributed by atoms with van der Waals surface area (Å²) >= 11 is 0. The van der Waals surface area contributed by atoms with E-state index in [1.54, 1.807) is 0 Å². The molecule has 1 aromatic heterocycles. The van der Waals surface area contributed by atoms with Crippen LogP contribution in [0.2, 0.25) is 0 Å². The standard InChI is InChI=1S/C10H18N4/c1-8(11)2-5-10-7-14(13-12-10)6-9-3-4-9/h7-9H,2-6,11H2,1H3/t8-/m0/s1. The second-order valence-corrected chi connectivity index (χ2v) is 4.39. The monoisotopic (exact) mass is 194 g/mol. The Kier molecular flexibility index (Phi) is 2.82. The van der Waals surface area contributed by atoms with Crippen LogP contribution in [0.1, 0.15) is 31.9 Å². The van der Waals surface area contributed by atoms with Crippen LogP contribution in [-0.4, -0.2) is 21.0 Å². The summed E-state index contributed by atoms with van der Waals surface area (Å²) in [5, 5.41) is 8.23. The van der Waals surface area contributed by atoms with Crippen LogP contribution in [0.5, 0.6) is 0 Å². The molecule has 1 aromatic rings. The predicted molar refractivity (Wildman–Crippen MR) is 54.7 cm³/mol. The Morgan fingerprint density at radius 3 is 3.07 bits per heavy atom. The van der Waals surface area contributed by atoms with Crippen LogP contribution >= 0.6 is 0 Å². The minimum atomic E-state index is 0.253. The molecular weight excluding hydrogens is 176 g/mol. The highest BCUT2D eigenvalue weighted by molar-refractivity contribution is 4.93. The van der Waals surface area contributed by atoms with E-state index in [1.807, 2.05) is 11.6 Å². The van der Waals surface area contributed by atoms with E-state index in [0.717, 1.165) is 31.0 Å². The molecule has 1 aliphatic carbocycles. The molecule has 2 rings (SSSR count). The summed E-state index contributed by atoms with van der Waals surface area (Å²) in [7, 11) is 0. The van der Waals surface area contributed by atoms with Gasteiger partial charge in [0, 0.05) is 18.8 Å². The van der Waals surface area contributed by atoms with E-state index in [4.69, 9.17) is 5.73 Å². The van der Waals surface area contributed by atoms with Gasteiger partial charge in [-0.3, -0.25) is 4.68 Å². The fourth-order valence-corrected chi connectivity index (χ4v) is 1.48. The molecule has 0 unspecified atom stereocenters. The molecule has 0 aromatic carbocycles. The molecule has 0 spiro atoms. The molecule has 1 fully saturated rings. The van der Waals surface area contributed by atoms with Crippen molar-refractivity contribution in [2.45, 2.75) is 45.2 Å². The summed E-state index contributed by atoms with van der Waals surface area (Å²) in [6.45, 7) is 3.07. The van der Waals surface area contributed by atoms with Crippen molar-refractivity contribution >= 4 is 0 Å². The number of aromatic nitrogens is 3. The molecule has 1 atom stereocenters.